The van der Waals surface area contributed by atoms with Crippen LogP contribution in [0.1, 0.15) is 0 Å². The van der Waals surface area contributed by atoms with Crippen LogP contribution in [0.2, 0.25) is 0 Å². The minimum Gasteiger partial charge on any atom is -0.495 e. The molecular weight excluding hydrogens is 497 g/mol. The van der Waals surface area contributed by atoms with E-state index in [-0.39, 0.29) is 5.82 Å². The Kier molecular flexibility index (Phi) is 6.33. The van der Waals surface area contributed by atoms with Gasteiger partial charge < -0.3 is 19.9 Å². The summed E-state index contributed by atoms with van der Waals surface area (Å²) >= 11 is 0. The Hall–Kier alpha value is -4.90. The van der Waals surface area contributed by atoms with Crippen LogP contribution < -0.4 is 10.1 Å². The third-order valence-corrected chi connectivity index (χ3v) is 6.41. The summed E-state index contributed by atoms with van der Waals surface area (Å²) in [6.45, 7) is 1.53. The molecule has 1 aromatic carbocycles. The number of hydrogen-bond acceptors (Lipinski definition) is 8. The van der Waals surface area contributed by atoms with E-state index in [1.54, 1.807) is 31.9 Å². The number of benzene rings is 1. The first-order valence-corrected chi connectivity index (χ1v) is 12.4. The Morgan fingerprint density at radius 3 is 2.77 bits per heavy atom. The van der Waals surface area contributed by atoms with Gasteiger partial charge in [-0.1, -0.05) is 0 Å². The van der Waals surface area contributed by atoms with Crippen molar-refractivity contribution in [3.05, 3.63) is 67.0 Å². The number of aromatic amines is 2. The third kappa shape index (κ3) is 4.87. The molecule has 0 aliphatic rings. The normalized spacial score (nSPS) is 11.5. The molecule has 5 aromatic heterocycles. The maximum Gasteiger partial charge on any atom is 0.178 e. The topological polar surface area (TPSA) is 121 Å². The van der Waals surface area contributed by atoms with E-state index in [0.29, 0.717) is 46.2 Å². The van der Waals surface area contributed by atoms with Crippen molar-refractivity contribution >= 4 is 27.8 Å². The van der Waals surface area contributed by atoms with Gasteiger partial charge >= 0.3 is 0 Å². The molecular formula is C28H26FN9O. The van der Waals surface area contributed by atoms with Crippen molar-refractivity contribution in [3.63, 3.8) is 0 Å². The monoisotopic (exact) mass is 523 g/mol. The fourth-order valence-electron chi connectivity index (χ4n) is 4.46. The summed E-state index contributed by atoms with van der Waals surface area (Å²) in [4.78, 5) is 23.4. The number of halogens is 1. The average molecular weight is 524 g/mol. The summed E-state index contributed by atoms with van der Waals surface area (Å²) in [5.41, 5.74) is 6.35. The molecule has 5 heterocycles. The van der Waals surface area contributed by atoms with E-state index >= 15 is 0 Å². The van der Waals surface area contributed by atoms with E-state index in [4.69, 9.17) is 9.72 Å². The van der Waals surface area contributed by atoms with Gasteiger partial charge in [-0.15, -0.1) is 0 Å². The molecule has 0 spiro atoms. The van der Waals surface area contributed by atoms with Gasteiger partial charge in [0.1, 0.15) is 17.3 Å². The maximum absolute atomic E-state index is 14.6. The zero-order valence-corrected chi connectivity index (χ0v) is 21.7. The highest BCUT2D eigenvalue weighted by atomic mass is 19.1. The van der Waals surface area contributed by atoms with Crippen LogP contribution in [0.4, 0.5) is 10.1 Å². The lowest BCUT2D eigenvalue weighted by atomic mass is 10.0. The first kappa shape index (κ1) is 24.4. The smallest absolute Gasteiger partial charge is 0.178 e. The highest BCUT2D eigenvalue weighted by molar-refractivity contribution is 5.97. The number of imidazole rings is 1. The summed E-state index contributed by atoms with van der Waals surface area (Å²) in [7, 11) is 5.60. The molecule has 39 heavy (non-hydrogen) atoms. The van der Waals surface area contributed by atoms with Crippen molar-refractivity contribution in [2.45, 2.75) is 0 Å². The van der Waals surface area contributed by atoms with Crippen molar-refractivity contribution in [3.8, 4) is 39.7 Å². The molecule has 0 amide bonds. The van der Waals surface area contributed by atoms with Crippen molar-refractivity contribution < 1.29 is 9.13 Å². The van der Waals surface area contributed by atoms with Crippen LogP contribution in [-0.4, -0.2) is 74.3 Å². The Morgan fingerprint density at radius 2 is 1.92 bits per heavy atom. The molecule has 6 rings (SSSR count). The largest absolute Gasteiger partial charge is 0.495 e. The van der Waals surface area contributed by atoms with E-state index < -0.39 is 0 Å². The van der Waals surface area contributed by atoms with E-state index in [0.717, 1.165) is 34.3 Å². The summed E-state index contributed by atoms with van der Waals surface area (Å²) in [5, 5.41) is 11.7. The van der Waals surface area contributed by atoms with Crippen molar-refractivity contribution in [2.75, 3.05) is 39.6 Å². The number of anilines is 1. The predicted octanol–water partition coefficient (Wildman–Crippen LogP) is 4.75. The van der Waals surface area contributed by atoms with E-state index in [2.05, 4.69) is 40.3 Å². The molecule has 0 aliphatic carbocycles. The third-order valence-electron chi connectivity index (χ3n) is 6.41. The van der Waals surface area contributed by atoms with E-state index in [1.165, 1.54) is 12.1 Å². The van der Waals surface area contributed by atoms with Gasteiger partial charge in [-0.05, 0) is 56.1 Å². The molecule has 0 aliphatic heterocycles. The van der Waals surface area contributed by atoms with Crippen LogP contribution in [0.25, 0.3) is 56.0 Å². The van der Waals surface area contributed by atoms with Gasteiger partial charge in [-0.3, -0.25) is 15.1 Å². The lowest BCUT2D eigenvalue weighted by Crippen LogP contribution is -2.20. The molecule has 0 saturated carbocycles. The fourth-order valence-corrected chi connectivity index (χ4v) is 4.46. The number of fused-ring (bicyclic) bond motifs is 2. The van der Waals surface area contributed by atoms with Crippen LogP contribution in [0.15, 0.2) is 61.2 Å². The number of nitrogens with one attached hydrogen (secondary N) is 3. The SMILES string of the molecule is COc1cncc(-c2cc3c(-c4nc5nccc(-c6cc(F)cc(NCCN(C)C)c6)c5[nH]4)n[nH]c3cn2)c1. The van der Waals surface area contributed by atoms with Crippen LogP contribution in [-0.2, 0) is 0 Å². The van der Waals surface area contributed by atoms with Gasteiger partial charge in [0.05, 0.1) is 36.2 Å². The highest BCUT2D eigenvalue weighted by Gasteiger charge is 2.17. The van der Waals surface area contributed by atoms with E-state index in [9.17, 15) is 4.39 Å². The molecule has 0 fully saturated rings. The van der Waals surface area contributed by atoms with Crippen molar-refractivity contribution in [2.24, 2.45) is 0 Å². The quantitative estimate of drug-likeness (QED) is 0.262. The summed E-state index contributed by atoms with van der Waals surface area (Å²) in [5.74, 6) is 0.860. The standard InChI is InChI=1S/C28H26FN9O/c1-38(2)7-6-31-19-9-16(8-18(29)11-19)21-4-5-32-27-25(21)34-28(35-27)26-22-12-23(33-15-24(22)36-37-26)17-10-20(39-3)14-30-13-17/h4-5,8-15,31H,6-7H2,1-3H3,(H,36,37)(H,32,34,35). The molecule has 6 aromatic rings. The van der Waals surface area contributed by atoms with E-state index in [1.807, 2.05) is 38.4 Å². The summed E-state index contributed by atoms with van der Waals surface area (Å²) in [6, 6.07) is 10.6. The summed E-state index contributed by atoms with van der Waals surface area (Å²) < 4.78 is 19.9. The molecule has 0 saturated heterocycles. The van der Waals surface area contributed by atoms with Crippen LogP contribution in [0.3, 0.4) is 0 Å². The fraction of sp³-hybridized carbons (Fsp3) is 0.179. The minimum absolute atomic E-state index is 0.324. The second kappa shape index (κ2) is 10.1. The number of hydrogen-bond donors (Lipinski definition) is 3. The molecule has 0 atom stereocenters. The Balaban J connectivity index is 1.40. The second-order valence-electron chi connectivity index (χ2n) is 9.40. The molecule has 196 valence electrons. The summed E-state index contributed by atoms with van der Waals surface area (Å²) in [6.07, 6.45) is 6.78. The van der Waals surface area contributed by atoms with Gasteiger partial charge in [-0.2, -0.15) is 5.10 Å². The predicted molar refractivity (Wildman–Crippen MR) is 149 cm³/mol. The zero-order valence-electron chi connectivity index (χ0n) is 21.7. The van der Waals surface area contributed by atoms with Gasteiger partial charge in [-0.25, -0.2) is 14.4 Å². The van der Waals surface area contributed by atoms with Crippen molar-refractivity contribution in [1.82, 2.24) is 40.0 Å². The number of aromatic nitrogens is 7. The molecule has 11 heteroatoms. The van der Waals surface area contributed by atoms with Crippen LogP contribution >= 0.6 is 0 Å². The van der Waals surface area contributed by atoms with Crippen molar-refractivity contribution in [1.29, 1.82) is 0 Å². The molecule has 3 N–H and O–H groups in total. The number of rotatable bonds is 8. The second-order valence-corrected chi connectivity index (χ2v) is 9.40. The Bertz CT molecular complexity index is 1790. The molecule has 0 bridgehead atoms. The lowest BCUT2D eigenvalue weighted by molar-refractivity contribution is 0.413. The molecule has 10 nitrogen and oxygen atoms in total. The maximum atomic E-state index is 14.6. The first-order chi connectivity index (χ1) is 19.0. The average Bonchev–Trinajstić information content (AvgIpc) is 3.56. The van der Waals surface area contributed by atoms with Gasteiger partial charge in [0.25, 0.3) is 0 Å². The molecule has 0 unspecified atom stereocenters. The first-order valence-electron chi connectivity index (χ1n) is 12.4. The zero-order chi connectivity index (χ0) is 26.9. The minimum atomic E-state index is -0.324. The van der Waals surface area contributed by atoms with Crippen LogP contribution in [0, 0.1) is 5.82 Å². The Morgan fingerprint density at radius 1 is 1.03 bits per heavy atom. The number of methoxy groups -OCH3 is 1. The highest BCUT2D eigenvalue weighted by Crippen LogP contribution is 2.33. The number of pyridine rings is 3. The number of ether oxygens (including phenoxy) is 1. The number of nitrogens with zero attached hydrogens (tertiary/aromatic N) is 6. The van der Waals surface area contributed by atoms with Gasteiger partial charge in [0, 0.05) is 47.7 Å². The number of likely N-dealkylation sites (N-methyl/N-ethyl adjacent to an activating group) is 1. The Labute approximate surface area is 223 Å². The molecule has 0 radical (unpaired) electrons. The van der Waals surface area contributed by atoms with Gasteiger partial charge in [0.15, 0.2) is 11.5 Å². The van der Waals surface area contributed by atoms with Gasteiger partial charge in [0.2, 0.25) is 0 Å². The lowest BCUT2D eigenvalue weighted by Gasteiger charge is -2.13. The number of H-pyrrole nitrogens is 2. The van der Waals surface area contributed by atoms with Crippen LogP contribution in [0.5, 0.6) is 5.75 Å².